The van der Waals surface area contributed by atoms with Gasteiger partial charge in [0.05, 0.1) is 19.6 Å². The lowest BCUT2D eigenvalue weighted by molar-refractivity contribution is -0.159. The van der Waals surface area contributed by atoms with Crippen LogP contribution in [0.2, 0.25) is 0 Å². The zero-order valence-electron chi connectivity index (χ0n) is 12.1. The number of hydrogen-bond donors (Lipinski definition) is 2. The molecule has 9 heteroatoms. The molecule has 0 radical (unpaired) electrons. The predicted octanol–water partition coefficient (Wildman–Crippen LogP) is -0.317. The maximum absolute atomic E-state index is 11.9. The first-order valence-corrected chi connectivity index (χ1v) is 6.69. The van der Waals surface area contributed by atoms with Crippen molar-refractivity contribution in [2.45, 2.75) is 32.5 Å². The van der Waals surface area contributed by atoms with E-state index in [1.165, 1.54) is 0 Å². The zero-order chi connectivity index (χ0) is 15.5. The van der Waals surface area contributed by atoms with Crippen molar-refractivity contribution in [3.05, 3.63) is 12.2 Å². The van der Waals surface area contributed by atoms with Gasteiger partial charge in [-0.1, -0.05) is 0 Å². The van der Waals surface area contributed by atoms with E-state index >= 15 is 0 Å². The summed E-state index contributed by atoms with van der Waals surface area (Å²) in [6.45, 7) is 5.17. The van der Waals surface area contributed by atoms with Gasteiger partial charge in [-0.2, -0.15) is 0 Å². The van der Waals surface area contributed by atoms with Gasteiger partial charge >= 0.3 is 12.0 Å². The Balaban J connectivity index is 1.75. The standard InChI is InChI=1S/C12H19N5O4/c1-3-16-8-14-15-9(16)4-13-11(20)17-6-12(2,7-17)21-5-10(18)19/h8H,3-7H2,1-2H3,(H,13,20)(H,18,19). The van der Waals surface area contributed by atoms with E-state index in [1.54, 1.807) is 18.2 Å². The number of likely N-dealkylation sites (tertiary alicyclic amines) is 1. The SMILES string of the molecule is CCn1cnnc1CNC(=O)N1CC(C)(OCC(=O)O)C1. The first-order valence-electron chi connectivity index (χ1n) is 6.69. The Morgan fingerprint density at radius 3 is 2.86 bits per heavy atom. The third-order valence-corrected chi connectivity index (χ3v) is 3.32. The van der Waals surface area contributed by atoms with Crippen LogP contribution in [0, 0.1) is 0 Å². The highest BCUT2D eigenvalue weighted by Gasteiger charge is 2.42. The lowest BCUT2D eigenvalue weighted by atomic mass is 9.97. The summed E-state index contributed by atoms with van der Waals surface area (Å²) < 4.78 is 7.09. The number of aromatic nitrogens is 3. The summed E-state index contributed by atoms with van der Waals surface area (Å²) in [6, 6.07) is -0.225. The molecule has 2 heterocycles. The number of carboxylic acid groups (broad SMARTS) is 1. The fraction of sp³-hybridized carbons (Fsp3) is 0.667. The summed E-state index contributed by atoms with van der Waals surface area (Å²) in [5, 5.41) is 19.0. The van der Waals surface area contributed by atoms with E-state index in [2.05, 4.69) is 15.5 Å². The first-order chi connectivity index (χ1) is 9.93. The largest absolute Gasteiger partial charge is 0.480 e. The zero-order valence-corrected chi connectivity index (χ0v) is 12.1. The Bertz CT molecular complexity index is 523. The first kappa shape index (κ1) is 15.2. The highest BCUT2D eigenvalue weighted by atomic mass is 16.5. The number of carbonyl (C=O) groups is 2. The summed E-state index contributed by atoms with van der Waals surface area (Å²) in [6.07, 6.45) is 1.61. The van der Waals surface area contributed by atoms with Crippen molar-refractivity contribution in [2.75, 3.05) is 19.7 Å². The molecule has 1 fully saturated rings. The molecular weight excluding hydrogens is 278 g/mol. The number of urea groups is 1. The van der Waals surface area contributed by atoms with Gasteiger partial charge in [-0.05, 0) is 13.8 Å². The van der Waals surface area contributed by atoms with Gasteiger partial charge in [-0.25, -0.2) is 9.59 Å². The molecule has 116 valence electrons. The molecule has 0 aromatic carbocycles. The Hall–Kier alpha value is -2.16. The molecule has 1 aromatic rings. The Kier molecular flexibility index (Phi) is 4.41. The van der Waals surface area contributed by atoms with Crippen LogP contribution in [0.3, 0.4) is 0 Å². The minimum Gasteiger partial charge on any atom is -0.480 e. The number of hydrogen-bond acceptors (Lipinski definition) is 5. The lowest BCUT2D eigenvalue weighted by Gasteiger charge is -2.46. The maximum atomic E-state index is 11.9. The molecule has 1 aliphatic rings. The number of ether oxygens (including phenoxy) is 1. The van der Waals surface area contributed by atoms with Gasteiger partial charge in [0.2, 0.25) is 0 Å². The van der Waals surface area contributed by atoms with Crippen LogP contribution in [0.1, 0.15) is 19.7 Å². The second kappa shape index (κ2) is 6.08. The van der Waals surface area contributed by atoms with Crippen LogP contribution in [0.25, 0.3) is 0 Å². The van der Waals surface area contributed by atoms with Gasteiger partial charge in [0, 0.05) is 6.54 Å². The molecule has 0 spiro atoms. The lowest BCUT2D eigenvalue weighted by Crippen LogP contribution is -2.65. The quantitative estimate of drug-likeness (QED) is 0.745. The molecule has 0 unspecified atom stereocenters. The van der Waals surface area contributed by atoms with Gasteiger partial charge in [-0.15, -0.1) is 10.2 Å². The highest BCUT2D eigenvalue weighted by Crippen LogP contribution is 2.24. The Labute approximate surface area is 121 Å². The number of rotatable bonds is 6. The van der Waals surface area contributed by atoms with Crippen LogP contribution in [0.15, 0.2) is 6.33 Å². The van der Waals surface area contributed by atoms with Crippen molar-refractivity contribution in [3.63, 3.8) is 0 Å². The van der Waals surface area contributed by atoms with Crippen LogP contribution < -0.4 is 5.32 Å². The van der Waals surface area contributed by atoms with Gasteiger partial charge in [0.15, 0.2) is 5.82 Å². The average Bonchev–Trinajstić information content (AvgIpc) is 2.86. The summed E-state index contributed by atoms with van der Waals surface area (Å²) in [7, 11) is 0. The summed E-state index contributed by atoms with van der Waals surface area (Å²) in [5.74, 6) is -0.325. The maximum Gasteiger partial charge on any atom is 0.329 e. The van der Waals surface area contributed by atoms with Crippen molar-refractivity contribution in [1.29, 1.82) is 0 Å². The molecule has 2 amide bonds. The summed E-state index contributed by atoms with van der Waals surface area (Å²) in [5.41, 5.74) is -0.584. The highest BCUT2D eigenvalue weighted by molar-refractivity contribution is 5.75. The molecule has 2 rings (SSSR count). The number of carbonyl (C=O) groups excluding carboxylic acids is 1. The molecule has 0 aliphatic carbocycles. The van der Waals surface area contributed by atoms with Crippen LogP contribution in [0.4, 0.5) is 4.79 Å². The number of nitrogens with zero attached hydrogens (tertiary/aromatic N) is 4. The molecule has 0 saturated carbocycles. The number of aliphatic carboxylic acids is 1. The molecule has 0 atom stereocenters. The van der Waals surface area contributed by atoms with Gasteiger partial charge in [0.1, 0.15) is 18.5 Å². The number of nitrogens with one attached hydrogen (secondary N) is 1. The average molecular weight is 297 g/mol. The van der Waals surface area contributed by atoms with Crippen LogP contribution in [-0.4, -0.2) is 62.1 Å². The Morgan fingerprint density at radius 2 is 2.24 bits per heavy atom. The molecule has 0 bridgehead atoms. The van der Waals surface area contributed by atoms with Gasteiger partial charge in [0.25, 0.3) is 0 Å². The fourth-order valence-corrected chi connectivity index (χ4v) is 2.18. The smallest absolute Gasteiger partial charge is 0.329 e. The Morgan fingerprint density at radius 1 is 1.52 bits per heavy atom. The molecule has 9 nitrogen and oxygen atoms in total. The van der Waals surface area contributed by atoms with Crippen molar-refractivity contribution in [3.8, 4) is 0 Å². The predicted molar refractivity (Wildman–Crippen MR) is 71.5 cm³/mol. The van der Waals surface area contributed by atoms with Crippen molar-refractivity contribution >= 4 is 12.0 Å². The molecule has 1 aromatic heterocycles. The fourth-order valence-electron chi connectivity index (χ4n) is 2.18. The second-order valence-corrected chi connectivity index (χ2v) is 5.18. The molecule has 1 saturated heterocycles. The minimum atomic E-state index is -1.02. The number of amides is 2. The van der Waals surface area contributed by atoms with Crippen LogP contribution >= 0.6 is 0 Å². The molecule has 21 heavy (non-hydrogen) atoms. The monoisotopic (exact) mass is 297 g/mol. The van der Waals surface area contributed by atoms with E-state index in [0.29, 0.717) is 25.5 Å². The minimum absolute atomic E-state index is 0.225. The van der Waals surface area contributed by atoms with Gasteiger partial charge < -0.3 is 24.6 Å². The molecule has 1 aliphatic heterocycles. The van der Waals surface area contributed by atoms with E-state index in [-0.39, 0.29) is 12.6 Å². The van der Waals surface area contributed by atoms with Crippen molar-refractivity contribution < 1.29 is 19.4 Å². The third-order valence-electron chi connectivity index (χ3n) is 3.32. The van der Waals surface area contributed by atoms with E-state index in [1.807, 2.05) is 11.5 Å². The normalized spacial score (nSPS) is 16.4. The summed E-state index contributed by atoms with van der Waals surface area (Å²) in [4.78, 5) is 24.0. The van der Waals surface area contributed by atoms with Crippen molar-refractivity contribution in [2.24, 2.45) is 0 Å². The third kappa shape index (κ3) is 3.69. The van der Waals surface area contributed by atoms with E-state index in [0.717, 1.165) is 6.54 Å². The van der Waals surface area contributed by atoms with Gasteiger partial charge in [-0.3, -0.25) is 0 Å². The second-order valence-electron chi connectivity index (χ2n) is 5.18. The van der Waals surface area contributed by atoms with E-state index < -0.39 is 11.6 Å². The summed E-state index contributed by atoms with van der Waals surface area (Å²) >= 11 is 0. The van der Waals surface area contributed by atoms with E-state index in [9.17, 15) is 9.59 Å². The van der Waals surface area contributed by atoms with Crippen LogP contribution in [-0.2, 0) is 22.6 Å². The topological polar surface area (TPSA) is 110 Å². The van der Waals surface area contributed by atoms with Crippen LogP contribution in [0.5, 0.6) is 0 Å². The van der Waals surface area contributed by atoms with Crippen molar-refractivity contribution in [1.82, 2.24) is 25.0 Å². The van der Waals surface area contributed by atoms with E-state index in [4.69, 9.17) is 9.84 Å². The molecular formula is C12H19N5O4. The number of carboxylic acids is 1. The number of aryl methyl sites for hydroxylation is 1. The molecule has 2 N–H and O–H groups in total.